The van der Waals surface area contributed by atoms with E-state index >= 15 is 0 Å². The number of sulfonamides is 1. The molecule has 1 aromatic heterocycles. The Labute approximate surface area is 182 Å². The molecule has 3 aromatic rings. The average Bonchev–Trinajstić information content (AvgIpc) is 3.27. The average molecular weight is 439 g/mol. The minimum absolute atomic E-state index is 0.0146. The van der Waals surface area contributed by atoms with E-state index in [1.165, 1.54) is 35.5 Å². The second kappa shape index (κ2) is 8.40. The largest absolute Gasteiger partial charge is 0.321 e. The molecule has 1 N–H and O–H groups in total. The molecule has 0 saturated heterocycles. The number of aromatic nitrogens is 1. The molecular formula is C24H26N2O4S. The van der Waals surface area contributed by atoms with E-state index in [4.69, 9.17) is 0 Å². The van der Waals surface area contributed by atoms with E-state index in [9.17, 15) is 18.0 Å². The number of hydrogen-bond acceptors (Lipinski definition) is 4. The highest BCUT2D eigenvalue weighted by molar-refractivity contribution is 7.89. The summed E-state index contributed by atoms with van der Waals surface area (Å²) in [4.78, 5) is 27.4. The Balaban J connectivity index is 1.75. The third-order valence-electron chi connectivity index (χ3n) is 6.09. The van der Waals surface area contributed by atoms with E-state index < -0.39 is 10.0 Å². The standard InChI is InChI=1S/C24H26N2O4S/c1-16-6-5-7-19-14-20(24(28)25-23(16)19)15-26(21-8-3-4-9-21)31(29,30)22-12-10-18(11-13-22)17(2)27/h5-7,10-14,21H,3-4,8-9,15H2,1-2H3,(H,25,28). The van der Waals surface area contributed by atoms with Crippen LogP contribution in [0, 0.1) is 6.92 Å². The maximum Gasteiger partial charge on any atom is 0.252 e. The molecular weight excluding hydrogens is 412 g/mol. The lowest BCUT2D eigenvalue weighted by molar-refractivity contribution is 0.101. The van der Waals surface area contributed by atoms with Crippen LogP contribution in [-0.2, 0) is 16.6 Å². The number of hydrogen-bond donors (Lipinski definition) is 1. The topological polar surface area (TPSA) is 87.3 Å². The molecule has 31 heavy (non-hydrogen) atoms. The van der Waals surface area contributed by atoms with Crippen LogP contribution in [0.25, 0.3) is 10.9 Å². The van der Waals surface area contributed by atoms with Crippen molar-refractivity contribution in [3.8, 4) is 0 Å². The van der Waals surface area contributed by atoms with Gasteiger partial charge >= 0.3 is 0 Å². The summed E-state index contributed by atoms with van der Waals surface area (Å²) in [7, 11) is -3.83. The Morgan fingerprint density at radius 3 is 2.42 bits per heavy atom. The van der Waals surface area contributed by atoms with Crippen LogP contribution in [0.1, 0.15) is 54.1 Å². The van der Waals surface area contributed by atoms with Gasteiger partial charge in [0.15, 0.2) is 5.78 Å². The summed E-state index contributed by atoms with van der Waals surface area (Å²) >= 11 is 0. The van der Waals surface area contributed by atoms with Crippen molar-refractivity contribution < 1.29 is 13.2 Å². The van der Waals surface area contributed by atoms with Crippen molar-refractivity contribution in [1.29, 1.82) is 0 Å². The lowest BCUT2D eigenvalue weighted by Crippen LogP contribution is -2.39. The first-order valence-electron chi connectivity index (χ1n) is 10.5. The zero-order valence-corrected chi connectivity index (χ0v) is 18.5. The minimum Gasteiger partial charge on any atom is -0.321 e. The number of ketones is 1. The molecule has 0 radical (unpaired) electrons. The lowest BCUT2D eigenvalue weighted by atomic mass is 10.1. The Bertz CT molecular complexity index is 1290. The van der Waals surface area contributed by atoms with Crippen LogP contribution in [0.15, 0.2) is 58.2 Å². The quantitative estimate of drug-likeness (QED) is 0.585. The van der Waals surface area contributed by atoms with Crippen LogP contribution in [0.2, 0.25) is 0 Å². The Morgan fingerprint density at radius 2 is 1.77 bits per heavy atom. The molecule has 0 atom stereocenters. The van der Waals surface area contributed by atoms with Gasteiger partial charge in [-0.2, -0.15) is 4.31 Å². The summed E-state index contributed by atoms with van der Waals surface area (Å²) in [5.41, 5.74) is 2.35. The molecule has 0 unspecified atom stereocenters. The second-order valence-electron chi connectivity index (χ2n) is 8.23. The van der Waals surface area contributed by atoms with Crippen LogP contribution < -0.4 is 5.56 Å². The molecule has 0 amide bonds. The van der Waals surface area contributed by atoms with E-state index in [1.807, 2.05) is 25.1 Å². The third kappa shape index (κ3) is 4.20. The van der Waals surface area contributed by atoms with Crippen molar-refractivity contribution in [3.63, 3.8) is 0 Å². The number of fused-ring (bicyclic) bond motifs is 1. The number of H-pyrrole nitrogens is 1. The smallest absolute Gasteiger partial charge is 0.252 e. The van der Waals surface area contributed by atoms with Gasteiger partial charge in [-0.3, -0.25) is 9.59 Å². The molecule has 6 nitrogen and oxygen atoms in total. The first-order chi connectivity index (χ1) is 14.8. The molecule has 4 rings (SSSR count). The monoisotopic (exact) mass is 438 g/mol. The van der Waals surface area contributed by atoms with Crippen molar-refractivity contribution >= 4 is 26.7 Å². The number of pyridine rings is 1. The summed E-state index contributed by atoms with van der Waals surface area (Å²) in [6.07, 6.45) is 3.48. The number of rotatable bonds is 6. The molecule has 1 aliphatic carbocycles. The highest BCUT2D eigenvalue weighted by Crippen LogP contribution is 2.30. The number of aryl methyl sites for hydroxylation is 1. The molecule has 0 spiro atoms. The fraction of sp³-hybridized carbons (Fsp3) is 0.333. The number of para-hydroxylation sites is 1. The Hall–Kier alpha value is -2.77. The van der Waals surface area contributed by atoms with Crippen molar-refractivity contribution in [2.75, 3.05) is 0 Å². The number of nitrogens with one attached hydrogen (secondary N) is 1. The summed E-state index contributed by atoms with van der Waals surface area (Å²) in [6.45, 7) is 3.39. The van der Waals surface area contributed by atoms with Crippen molar-refractivity contribution in [1.82, 2.24) is 9.29 Å². The molecule has 1 heterocycles. The van der Waals surface area contributed by atoms with Gasteiger partial charge < -0.3 is 4.98 Å². The van der Waals surface area contributed by atoms with E-state index in [0.29, 0.717) is 11.1 Å². The predicted molar refractivity (Wildman–Crippen MR) is 121 cm³/mol. The number of benzene rings is 2. The van der Waals surface area contributed by atoms with Crippen molar-refractivity contribution in [3.05, 3.63) is 75.6 Å². The van der Waals surface area contributed by atoms with Gasteiger partial charge in [-0.25, -0.2) is 8.42 Å². The van der Waals surface area contributed by atoms with Crippen LogP contribution in [0.3, 0.4) is 0 Å². The van der Waals surface area contributed by atoms with Gasteiger partial charge in [0, 0.05) is 23.7 Å². The van der Waals surface area contributed by atoms with Crippen molar-refractivity contribution in [2.24, 2.45) is 0 Å². The van der Waals surface area contributed by atoms with Gasteiger partial charge in [-0.1, -0.05) is 43.2 Å². The number of nitrogens with zero attached hydrogens (tertiary/aromatic N) is 1. The van der Waals surface area contributed by atoms with E-state index in [0.717, 1.165) is 42.1 Å². The predicted octanol–water partition coefficient (Wildman–Crippen LogP) is 4.17. The number of carbonyl (C=O) groups is 1. The first-order valence-corrected chi connectivity index (χ1v) is 12.0. The van der Waals surface area contributed by atoms with Gasteiger partial charge in [0.2, 0.25) is 10.0 Å². The van der Waals surface area contributed by atoms with E-state index in [-0.39, 0.29) is 28.8 Å². The third-order valence-corrected chi connectivity index (χ3v) is 8.00. The fourth-order valence-corrected chi connectivity index (χ4v) is 5.98. The van der Waals surface area contributed by atoms with Crippen LogP contribution in [0.5, 0.6) is 0 Å². The molecule has 162 valence electrons. The Morgan fingerprint density at radius 1 is 1.10 bits per heavy atom. The SMILES string of the molecule is CC(=O)c1ccc(S(=O)(=O)N(Cc2cc3cccc(C)c3[nH]c2=O)C2CCCC2)cc1. The normalized spacial score (nSPS) is 15.1. The zero-order chi connectivity index (χ0) is 22.2. The summed E-state index contributed by atoms with van der Waals surface area (Å²) in [5.74, 6) is -0.116. The van der Waals surface area contributed by atoms with E-state index in [1.54, 1.807) is 6.07 Å². The zero-order valence-electron chi connectivity index (χ0n) is 17.7. The minimum atomic E-state index is -3.83. The first kappa shape index (κ1) is 21.5. The summed E-state index contributed by atoms with van der Waals surface area (Å²) < 4.78 is 28.6. The maximum atomic E-state index is 13.6. The fourth-order valence-electron chi connectivity index (χ4n) is 4.31. The number of carbonyl (C=O) groups excluding carboxylic acids is 1. The molecule has 1 saturated carbocycles. The van der Waals surface area contributed by atoms with Gasteiger partial charge in [0.25, 0.3) is 5.56 Å². The lowest BCUT2D eigenvalue weighted by Gasteiger charge is -2.28. The molecule has 0 aliphatic heterocycles. The summed E-state index contributed by atoms with van der Waals surface area (Å²) in [6, 6.07) is 13.4. The van der Waals surface area contributed by atoms with E-state index in [2.05, 4.69) is 4.98 Å². The molecule has 7 heteroatoms. The highest BCUT2D eigenvalue weighted by atomic mass is 32.2. The van der Waals surface area contributed by atoms with Crippen LogP contribution in [0.4, 0.5) is 0 Å². The van der Waals surface area contributed by atoms with Gasteiger partial charge in [-0.15, -0.1) is 0 Å². The molecule has 2 aromatic carbocycles. The second-order valence-corrected chi connectivity index (χ2v) is 10.1. The Kier molecular flexibility index (Phi) is 5.81. The number of Topliss-reactive ketones (excluding diaryl/α,β-unsaturated/α-hetero) is 1. The van der Waals surface area contributed by atoms with Gasteiger partial charge in [0.1, 0.15) is 0 Å². The van der Waals surface area contributed by atoms with Crippen LogP contribution >= 0.6 is 0 Å². The van der Waals surface area contributed by atoms with Crippen LogP contribution in [-0.4, -0.2) is 29.5 Å². The molecule has 0 bridgehead atoms. The maximum absolute atomic E-state index is 13.6. The number of aromatic amines is 1. The van der Waals surface area contributed by atoms with Gasteiger partial charge in [0.05, 0.1) is 10.4 Å². The molecule has 1 aliphatic rings. The highest BCUT2D eigenvalue weighted by Gasteiger charge is 2.34. The van der Waals surface area contributed by atoms with Gasteiger partial charge in [-0.05, 0) is 55.8 Å². The van der Waals surface area contributed by atoms with Crippen molar-refractivity contribution in [2.45, 2.75) is 57.0 Å². The summed E-state index contributed by atoms with van der Waals surface area (Å²) in [5, 5.41) is 0.879. The molecule has 1 fully saturated rings.